The largest absolute Gasteiger partial charge is 0.350 e. The molecule has 3 aromatic rings. The molecular weight excluding hydrogens is 344 g/mol. The monoisotopic (exact) mass is 356 g/mol. The maximum Gasteiger partial charge on any atom is 0.261 e. The minimum Gasteiger partial charge on any atom is -0.350 e. The molecule has 5 heteroatoms. The summed E-state index contributed by atoms with van der Waals surface area (Å²) < 4.78 is 2.58. The lowest BCUT2D eigenvalue weighted by atomic mass is 10.1. The van der Waals surface area contributed by atoms with E-state index >= 15 is 0 Å². The normalized spacial score (nSPS) is 10.6. The number of rotatable bonds is 2. The number of benzene rings is 2. The SMILES string of the molecule is Cn1cc(C(=O)Nc2ccccc2)c(=O)c2cc(Br)ccc21. The molecule has 0 aliphatic heterocycles. The van der Waals surface area contributed by atoms with Crippen LogP contribution in [0.5, 0.6) is 0 Å². The average Bonchev–Trinajstić information content (AvgIpc) is 2.51. The zero-order chi connectivity index (χ0) is 15.7. The van der Waals surface area contributed by atoms with Crippen molar-refractivity contribution in [1.29, 1.82) is 0 Å². The number of fused-ring (bicyclic) bond motifs is 1. The van der Waals surface area contributed by atoms with Gasteiger partial charge in [-0.3, -0.25) is 9.59 Å². The van der Waals surface area contributed by atoms with E-state index in [2.05, 4.69) is 21.2 Å². The van der Waals surface area contributed by atoms with E-state index in [0.29, 0.717) is 11.1 Å². The summed E-state index contributed by atoms with van der Waals surface area (Å²) in [7, 11) is 1.81. The zero-order valence-corrected chi connectivity index (χ0v) is 13.4. The van der Waals surface area contributed by atoms with E-state index in [1.807, 2.05) is 37.4 Å². The van der Waals surface area contributed by atoms with Gasteiger partial charge in [0.2, 0.25) is 5.43 Å². The first-order chi connectivity index (χ1) is 10.6. The van der Waals surface area contributed by atoms with Crippen LogP contribution in [-0.4, -0.2) is 10.5 Å². The van der Waals surface area contributed by atoms with Gasteiger partial charge in [0, 0.05) is 28.8 Å². The first kappa shape index (κ1) is 14.5. The third-order valence-electron chi connectivity index (χ3n) is 3.43. The third kappa shape index (κ3) is 2.67. The van der Waals surface area contributed by atoms with Gasteiger partial charge >= 0.3 is 0 Å². The Bertz CT molecular complexity index is 917. The highest BCUT2D eigenvalue weighted by Gasteiger charge is 2.14. The van der Waals surface area contributed by atoms with Gasteiger partial charge < -0.3 is 9.88 Å². The molecule has 0 aliphatic carbocycles. The Morgan fingerprint density at radius 1 is 1.14 bits per heavy atom. The van der Waals surface area contributed by atoms with Crippen molar-refractivity contribution in [2.24, 2.45) is 7.05 Å². The zero-order valence-electron chi connectivity index (χ0n) is 11.8. The number of carbonyl (C=O) groups excluding carboxylic acids is 1. The fraction of sp³-hybridized carbons (Fsp3) is 0.0588. The highest BCUT2D eigenvalue weighted by Crippen LogP contribution is 2.18. The van der Waals surface area contributed by atoms with Crippen molar-refractivity contribution in [2.45, 2.75) is 0 Å². The summed E-state index contributed by atoms with van der Waals surface area (Å²) in [6.07, 6.45) is 1.57. The molecular formula is C17H13BrN2O2. The molecule has 0 radical (unpaired) electrons. The fourth-order valence-corrected chi connectivity index (χ4v) is 2.71. The first-order valence-corrected chi connectivity index (χ1v) is 7.51. The van der Waals surface area contributed by atoms with E-state index in [1.165, 1.54) is 0 Å². The van der Waals surface area contributed by atoms with Crippen LogP contribution in [0.25, 0.3) is 10.9 Å². The molecule has 0 spiro atoms. The van der Waals surface area contributed by atoms with Gasteiger partial charge in [-0.25, -0.2) is 0 Å². The Balaban J connectivity index is 2.09. The maximum absolute atomic E-state index is 12.6. The van der Waals surface area contributed by atoms with Gasteiger partial charge in [0.05, 0.1) is 5.52 Å². The molecule has 2 aromatic carbocycles. The van der Waals surface area contributed by atoms with Gasteiger partial charge in [0.1, 0.15) is 5.56 Å². The number of aromatic nitrogens is 1. The molecule has 1 aromatic heterocycles. The van der Waals surface area contributed by atoms with E-state index in [4.69, 9.17) is 0 Å². The van der Waals surface area contributed by atoms with Gasteiger partial charge in [-0.15, -0.1) is 0 Å². The number of nitrogens with zero attached hydrogens (tertiary/aromatic N) is 1. The van der Waals surface area contributed by atoms with Crippen LogP contribution in [0.3, 0.4) is 0 Å². The summed E-state index contributed by atoms with van der Waals surface area (Å²) >= 11 is 3.36. The predicted octanol–water partition coefficient (Wildman–Crippen LogP) is 3.55. The van der Waals surface area contributed by atoms with Gasteiger partial charge in [-0.2, -0.15) is 0 Å². The van der Waals surface area contributed by atoms with Crippen molar-refractivity contribution in [3.8, 4) is 0 Å². The first-order valence-electron chi connectivity index (χ1n) is 6.71. The van der Waals surface area contributed by atoms with E-state index < -0.39 is 5.91 Å². The van der Waals surface area contributed by atoms with Crippen molar-refractivity contribution in [3.05, 3.63) is 75.0 Å². The number of amides is 1. The Morgan fingerprint density at radius 3 is 2.59 bits per heavy atom. The van der Waals surface area contributed by atoms with Crippen LogP contribution in [-0.2, 0) is 7.05 Å². The molecule has 1 N–H and O–H groups in total. The number of pyridine rings is 1. The molecule has 0 saturated carbocycles. The second kappa shape index (κ2) is 5.77. The van der Waals surface area contributed by atoms with E-state index in [9.17, 15) is 9.59 Å². The number of hydrogen-bond acceptors (Lipinski definition) is 2. The summed E-state index contributed by atoms with van der Waals surface area (Å²) in [4.78, 5) is 24.9. The molecule has 0 unspecified atom stereocenters. The Morgan fingerprint density at radius 2 is 1.86 bits per heavy atom. The molecule has 0 atom stereocenters. The molecule has 22 heavy (non-hydrogen) atoms. The molecule has 0 fully saturated rings. The molecule has 3 rings (SSSR count). The van der Waals surface area contributed by atoms with Gasteiger partial charge in [0.25, 0.3) is 5.91 Å². The van der Waals surface area contributed by atoms with E-state index in [1.54, 1.807) is 29.0 Å². The van der Waals surface area contributed by atoms with Crippen LogP contribution in [0.1, 0.15) is 10.4 Å². The van der Waals surface area contributed by atoms with Crippen molar-refractivity contribution >= 4 is 38.4 Å². The lowest BCUT2D eigenvalue weighted by Crippen LogP contribution is -2.23. The summed E-state index contributed by atoms with van der Waals surface area (Å²) in [5.41, 5.74) is 1.29. The quantitative estimate of drug-likeness (QED) is 0.763. The summed E-state index contributed by atoms with van der Waals surface area (Å²) in [6.45, 7) is 0. The number of carbonyl (C=O) groups is 1. The predicted molar refractivity (Wildman–Crippen MR) is 91.3 cm³/mol. The van der Waals surface area contributed by atoms with Crippen molar-refractivity contribution < 1.29 is 4.79 Å². The van der Waals surface area contributed by atoms with Gasteiger partial charge in [0.15, 0.2) is 0 Å². The lowest BCUT2D eigenvalue weighted by molar-refractivity contribution is 0.102. The highest BCUT2D eigenvalue weighted by atomic mass is 79.9. The number of anilines is 1. The summed E-state index contributed by atoms with van der Waals surface area (Å²) in [5.74, 6) is -0.409. The van der Waals surface area contributed by atoms with E-state index in [-0.39, 0.29) is 11.0 Å². The smallest absolute Gasteiger partial charge is 0.261 e. The number of hydrogen-bond donors (Lipinski definition) is 1. The van der Waals surface area contributed by atoms with Crippen molar-refractivity contribution in [2.75, 3.05) is 5.32 Å². The third-order valence-corrected chi connectivity index (χ3v) is 3.92. The minimum atomic E-state index is -0.409. The molecule has 110 valence electrons. The Labute approximate surface area is 135 Å². The van der Waals surface area contributed by atoms with Crippen LogP contribution in [0, 0.1) is 0 Å². The van der Waals surface area contributed by atoms with Gasteiger partial charge in [-0.1, -0.05) is 34.1 Å². The molecule has 0 saturated heterocycles. The van der Waals surface area contributed by atoms with Crippen LogP contribution < -0.4 is 10.7 Å². The average molecular weight is 357 g/mol. The topological polar surface area (TPSA) is 51.1 Å². The number of aryl methyl sites for hydroxylation is 1. The standard InChI is InChI=1S/C17H13BrN2O2/c1-20-10-14(17(22)19-12-5-3-2-4-6-12)16(21)13-9-11(18)7-8-15(13)20/h2-10H,1H3,(H,19,22). The molecule has 0 aliphatic rings. The number of halogens is 1. The maximum atomic E-state index is 12.6. The number of nitrogens with one attached hydrogen (secondary N) is 1. The molecule has 0 bridgehead atoms. The second-order valence-electron chi connectivity index (χ2n) is 4.96. The molecule has 4 nitrogen and oxygen atoms in total. The van der Waals surface area contributed by atoms with Gasteiger partial charge in [-0.05, 0) is 30.3 Å². The Hall–Kier alpha value is -2.40. The van der Waals surface area contributed by atoms with Crippen molar-refractivity contribution in [3.63, 3.8) is 0 Å². The fourth-order valence-electron chi connectivity index (χ4n) is 2.35. The Kier molecular flexibility index (Phi) is 3.81. The molecule has 1 amide bonds. The van der Waals surface area contributed by atoms with Crippen LogP contribution >= 0.6 is 15.9 Å². The highest BCUT2D eigenvalue weighted by molar-refractivity contribution is 9.10. The minimum absolute atomic E-state index is 0.122. The van der Waals surface area contributed by atoms with E-state index in [0.717, 1.165) is 9.99 Å². The molecule has 1 heterocycles. The van der Waals surface area contributed by atoms with Crippen LogP contribution in [0.4, 0.5) is 5.69 Å². The second-order valence-corrected chi connectivity index (χ2v) is 5.88. The summed E-state index contributed by atoms with van der Waals surface area (Å²) in [6, 6.07) is 14.5. The summed E-state index contributed by atoms with van der Waals surface area (Å²) in [5, 5.41) is 3.25. The lowest BCUT2D eigenvalue weighted by Gasteiger charge is -2.10. The number of para-hydroxylation sites is 1. The van der Waals surface area contributed by atoms with Crippen molar-refractivity contribution in [1.82, 2.24) is 4.57 Å². The van der Waals surface area contributed by atoms with Crippen LogP contribution in [0.15, 0.2) is 64.0 Å². The van der Waals surface area contributed by atoms with Crippen LogP contribution in [0.2, 0.25) is 0 Å².